The predicted octanol–water partition coefficient (Wildman–Crippen LogP) is 3.86. The van der Waals surface area contributed by atoms with Crippen molar-refractivity contribution in [2.75, 3.05) is 6.61 Å². The van der Waals surface area contributed by atoms with E-state index in [1.807, 2.05) is 19.1 Å². The lowest BCUT2D eigenvalue weighted by molar-refractivity contribution is 0.343. The molecule has 0 aliphatic rings. The van der Waals surface area contributed by atoms with Crippen LogP contribution in [0.3, 0.4) is 0 Å². The molecule has 0 spiro atoms. The maximum absolute atomic E-state index is 5.63. The molecule has 2 aromatic rings. The largest absolute Gasteiger partial charge is 0.494 e. The Hall–Kier alpha value is -1.70. The summed E-state index contributed by atoms with van der Waals surface area (Å²) in [5, 5.41) is 0. The standard InChI is InChI=1S/C18H22BO/c1-2-20-18-14-7-6-13-17(18)19-15-9-8-12-16-10-4-3-5-11-16/h3-7,10-11,13-14H,2,8-9,12,15H2,1H3. The molecule has 2 rings (SSSR count). The summed E-state index contributed by atoms with van der Waals surface area (Å²) in [7, 11) is 2.29. The molecule has 1 nitrogen and oxygen atoms in total. The van der Waals surface area contributed by atoms with E-state index < -0.39 is 0 Å². The highest BCUT2D eigenvalue weighted by molar-refractivity contribution is 6.54. The SMILES string of the molecule is CCOc1ccccc1[B]CCCCc1ccccc1. The second-order valence-corrected chi connectivity index (χ2v) is 4.91. The lowest BCUT2D eigenvalue weighted by atomic mass is 9.65. The summed E-state index contributed by atoms with van der Waals surface area (Å²) in [6.45, 7) is 2.75. The normalized spacial score (nSPS) is 10.2. The van der Waals surface area contributed by atoms with Crippen LogP contribution in [-0.2, 0) is 6.42 Å². The van der Waals surface area contributed by atoms with Crippen LogP contribution >= 0.6 is 0 Å². The summed E-state index contributed by atoms with van der Waals surface area (Å²) in [5.41, 5.74) is 2.65. The highest BCUT2D eigenvalue weighted by Gasteiger charge is 2.03. The van der Waals surface area contributed by atoms with Gasteiger partial charge in [-0.1, -0.05) is 61.3 Å². The maximum atomic E-state index is 5.63. The van der Waals surface area contributed by atoms with E-state index in [-0.39, 0.29) is 0 Å². The summed E-state index contributed by atoms with van der Waals surface area (Å²) in [6, 6.07) is 19.0. The van der Waals surface area contributed by atoms with Crippen molar-refractivity contribution in [3.05, 3.63) is 60.2 Å². The van der Waals surface area contributed by atoms with Gasteiger partial charge in [0.15, 0.2) is 7.28 Å². The number of rotatable bonds is 8. The Morgan fingerprint density at radius 1 is 0.900 bits per heavy atom. The number of unbranched alkanes of at least 4 members (excludes halogenated alkanes) is 1. The third kappa shape index (κ3) is 4.77. The molecule has 0 unspecified atom stereocenters. The first-order valence-electron chi connectivity index (χ1n) is 7.49. The minimum absolute atomic E-state index is 0.721. The summed E-state index contributed by atoms with van der Waals surface area (Å²) in [6.07, 6.45) is 4.73. The van der Waals surface area contributed by atoms with Crippen LogP contribution in [0.5, 0.6) is 5.75 Å². The Bertz CT molecular complexity index is 496. The second-order valence-electron chi connectivity index (χ2n) is 4.91. The van der Waals surface area contributed by atoms with E-state index in [0.29, 0.717) is 0 Å². The van der Waals surface area contributed by atoms with Gasteiger partial charge in [0.25, 0.3) is 0 Å². The number of aryl methyl sites for hydroxylation is 1. The third-order valence-electron chi connectivity index (χ3n) is 3.35. The predicted molar refractivity (Wildman–Crippen MR) is 87.2 cm³/mol. The third-order valence-corrected chi connectivity index (χ3v) is 3.35. The van der Waals surface area contributed by atoms with Crippen molar-refractivity contribution in [1.82, 2.24) is 0 Å². The molecule has 0 atom stereocenters. The average Bonchev–Trinajstić information content (AvgIpc) is 2.50. The van der Waals surface area contributed by atoms with Gasteiger partial charge in [0.1, 0.15) is 5.75 Å². The molecule has 0 amide bonds. The molecular weight excluding hydrogens is 243 g/mol. The molecule has 0 heterocycles. The Morgan fingerprint density at radius 2 is 1.65 bits per heavy atom. The molecule has 0 saturated heterocycles. The van der Waals surface area contributed by atoms with Crippen molar-refractivity contribution in [2.45, 2.75) is 32.5 Å². The van der Waals surface area contributed by atoms with Crippen LogP contribution in [0.15, 0.2) is 54.6 Å². The van der Waals surface area contributed by atoms with Crippen molar-refractivity contribution < 1.29 is 4.74 Å². The molecule has 1 radical (unpaired) electrons. The molecule has 0 fully saturated rings. The van der Waals surface area contributed by atoms with Crippen molar-refractivity contribution in [1.29, 1.82) is 0 Å². The fourth-order valence-electron chi connectivity index (χ4n) is 2.31. The second kappa shape index (κ2) is 8.47. The number of para-hydroxylation sites is 1. The fourth-order valence-corrected chi connectivity index (χ4v) is 2.31. The molecule has 2 aromatic carbocycles. The summed E-state index contributed by atoms with van der Waals surface area (Å²) >= 11 is 0. The quantitative estimate of drug-likeness (QED) is 0.520. The summed E-state index contributed by atoms with van der Waals surface area (Å²) in [4.78, 5) is 0. The molecule has 0 N–H and O–H groups in total. The van der Waals surface area contributed by atoms with Gasteiger partial charge in [0.05, 0.1) is 6.61 Å². The molecule has 20 heavy (non-hydrogen) atoms. The van der Waals surface area contributed by atoms with Gasteiger partial charge >= 0.3 is 0 Å². The minimum atomic E-state index is 0.721. The summed E-state index contributed by atoms with van der Waals surface area (Å²) < 4.78 is 5.63. The van der Waals surface area contributed by atoms with E-state index in [0.717, 1.165) is 18.7 Å². The monoisotopic (exact) mass is 265 g/mol. The Labute approximate surface area is 123 Å². The molecule has 103 valence electrons. The highest BCUT2D eigenvalue weighted by Crippen LogP contribution is 2.09. The van der Waals surface area contributed by atoms with Crippen LogP contribution in [0.1, 0.15) is 25.3 Å². The van der Waals surface area contributed by atoms with Gasteiger partial charge in [-0.3, -0.25) is 0 Å². The zero-order valence-corrected chi connectivity index (χ0v) is 12.2. The van der Waals surface area contributed by atoms with Crippen molar-refractivity contribution >= 4 is 12.7 Å². The highest BCUT2D eigenvalue weighted by atomic mass is 16.5. The lowest BCUT2D eigenvalue weighted by Crippen LogP contribution is -2.17. The molecule has 0 bridgehead atoms. The van der Waals surface area contributed by atoms with Gasteiger partial charge in [-0.05, 0) is 36.9 Å². The van der Waals surface area contributed by atoms with Gasteiger partial charge in [-0.25, -0.2) is 0 Å². The number of benzene rings is 2. The van der Waals surface area contributed by atoms with E-state index in [1.165, 1.54) is 30.3 Å². The van der Waals surface area contributed by atoms with Crippen molar-refractivity contribution in [3.63, 3.8) is 0 Å². The van der Waals surface area contributed by atoms with Crippen molar-refractivity contribution in [3.8, 4) is 5.75 Å². The van der Waals surface area contributed by atoms with Crippen LogP contribution in [0, 0.1) is 0 Å². The molecule has 0 aliphatic carbocycles. The van der Waals surface area contributed by atoms with Crippen molar-refractivity contribution in [2.24, 2.45) is 0 Å². The number of hydrogen-bond donors (Lipinski definition) is 0. The van der Waals surface area contributed by atoms with Gasteiger partial charge < -0.3 is 4.74 Å². The van der Waals surface area contributed by atoms with E-state index in [4.69, 9.17) is 4.74 Å². The zero-order valence-electron chi connectivity index (χ0n) is 12.2. The average molecular weight is 265 g/mol. The van der Waals surface area contributed by atoms with Crippen LogP contribution in [0.2, 0.25) is 6.32 Å². The van der Waals surface area contributed by atoms with Gasteiger partial charge in [0.2, 0.25) is 0 Å². The number of hydrogen-bond acceptors (Lipinski definition) is 1. The topological polar surface area (TPSA) is 9.23 Å². The smallest absolute Gasteiger partial charge is 0.156 e. The van der Waals surface area contributed by atoms with Gasteiger partial charge in [-0.15, -0.1) is 0 Å². The lowest BCUT2D eigenvalue weighted by Gasteiger charge is -2.09. The molecule has 2 heteroatoms. The Kier molecular flexibility index (Phi) is 6.23. The first-order valence-corrected chi connectivity index (χ1v) is 7.49. The van der Waals surface area contributed by atoms with E-state index in [2.05, 4.69) is 49.7 Å². The molecule has 0 aromatic heterocycles. The van der Waals surface area contributed by atoms with Gasteiger partial charge in [0, 0.05) is 0 Å². The Morgan fingerprint density at radius 3 is 2.45 bits per heavy atom. The van der Waals surface area contributed by atoms with Crippen LogP contribution < -0.4 is 10.2 Å². The first kappa shape index (κ1) is 14.7. The van der Waals surface area contributed by atoms with E-state index in [1.54, 1.807) is 0 Å². The van der Waals surface area contributed by atoms with Crippen LogP contribution in [0.25, 0.3) is 0 Å². The first-order chi connectivity index (χ1) is 9.90. The van der Waals surface area contributed by atoms with E-state index in [9.17, 15) is 0 Å². The van der Waals surface area contributed by atoms with Crippen LogP contribution in [0.4, 0.5) is 0 Å². The van der Waals surface area contributed by atoms with Crippen LogP contribution in [-0.4, -0.2) is 13.9 Å². The maximum Gasteiger partial charge on any atom is 0.156 e. The number of ether oxygens (including phenoxy) is 1. The van der Waals surface area contributed by atoms with E-state index >= 15 is 0 Å². The zero-order chi connectivity index (χ0) is 14.0. The molecule has 0 aliphatic heterocycles. The Balaban J connectivity index is 1.71. The molecule has 0 saturated carbocycles. The van der Waals surface area contributed by atoms with Gasteiger partial charge in [-0.2, -0.15) is 0 Å². The summed E-state index contributed by atoms with van der Waals surface area (Å²) in [5.74, 6) is 0.998. The minimum Gasteiger partial charge on any atom is -0.494 e. The molecular formula is C18H22BO. The fraction of sp³-hybridized carbons (Fsp3) is 0.333.